The molecule has 2 aliphatic carbocycles. The molecule has 0 aromatic heterocycles. The molecule has 2 fully saturated rings. The van der Waals surface area contributed by atoms with Crippen LogP contribution in [0.3, 0.4) is 0 Å². The highest BCUT2D eigenvalue weighted by Gasteiger charge is 2.23. The molecule has 30 heavy (non-hydrogen) atoms. The van der Waals surface area contributed by atoms with Gasteiger partial charge in [-0.1, -0.05) is 56.0 Å². The Morgan fingerprint density at radius 1 is 0.767 bits per heavy atom. The number of benzene rings is 1. The summed E-state index contributed by atoms with van der Waals surface area (Å²) in [6.07, 6.45) is 24.2. The average molecular weight is 401 g/mol. The Bertz CT molecular complexity index is 758. The second-order valence-corrected chi connectivity index (χ2v) is 9.39. The number of hydrogen-bond donors (Lipinski definition) is 0. The molecule has 0 unspecified atom stereocenters. The first-order valence-corrected chi connectivity index (χ1v) is 12.0. The number of hydrogen-bond acceptors (Lipinski definition) is 2. The highest BCUT2D eigenvalue weighted by molar-refractivity contribution is 5.33. The van der Waals surface area contributed by atoms with Crippen molar-refractivity contribution in [1.29, 1.82) is 10.5 Å². The lowest BCUT2D eigenvalue weighted by molar-refractivity contribution is 0.273. The second-order valence-electron chi connectivity index (χ2n) is 9.39. The minimum Gasteiger partial charge on any atom is -0.193 e. The number of allylic oxidation sites excluding steroid dienone is 4. The Balaban J connectivity index is 1.26. The predicted octanol–water partition coefficient (Wildman–Crippen LogP) is 7.83. The van der Waals surface area contributed by atoms with Crippen LogP contribution in [0.25, 0.3) is 0 Å². The molecule has 3 rings (SSSR count). The summed E-state index contributed by atoms with van der Waals surface area (Å²) in [7, 11) is 0. The minimum absolute atomic E-state index is 0.702. The van der Waals surface area contributed by atoms with Gasteiger partial charge < -0.3 is 0 Å². The van der Waals surface area contributed by atoms with E-state index in [2.05, 4.69) is 24.3 Å². The molecule has 0 amide bonds. The highest BCUT2D eigenvalue weighted by atomic mass is 14.3. The van der Waals surface area contributed by atoms with E-state index in [0.29, 0.717) is 5.92 Å². The van der Waals surface area contributed by atoms with Gasteiger partial charge in [-0.2, -0.15) is 10.5 Å². The van der Waals surface area contributed by atoms with Gasteiger partial charge in [-0.15, -0.1) is 0 Å². The second kappa shape index (κ2) is 12.4. The molecule has 2 heteroatoms. The Kier molecular flexibility index (Phi) is 9.24. The summed E-state index contributed by atoms with van der Waals surface area (Å²) >= 11 is 0. The first-order chi connectivity index (χ1) is 14.8. The van der Waals surface area contributed by atoms with Crippen LogP contribution in [0.1, 0.15) is 94.1 Å². The van der Waals surface area contributed by atoms with E-state index >= 15 is 0 Å². The van der Waals surface area contributed by atoms with Crippen LogP contribution in [-0.4, -0.2) is 0 Å². The van der Waals surface area contributed by atoms with E-state index in [4.69, 9.17) is 10.5 Å². The molecule has 1 aromatic carbocycles. The molecule has 0 saturated heterocycles. The largest absolute Gasteiger partial charge is 0.193 e. The number of nitriles is 2. The fourth-order valence-electron chi connectivity index (χ4n) is 5.47. The molecule has 0 spiro atoms. The van der Waals surface area contributed by atoms with Gasteiger partial charge in [0.1, 0.15) is 0 Å². The first-order valence-electron chi connectivity index (χ1n) is 12.0. The average Bonchev–Trinajstić information content (AvgIpc) is 2.81. The maximum Gasteiger partial charge on any atom is 0.0991 e. The molecule has 2 aliphatic rings. The van der Waals surface area contributed by atoms with Gasteiger partial charge in [0.15, 0.2) is 0 Å². The van der Waals surface area contributed by atoms with Gasteiger partial charge in [0.2, 0.25) is 0 Å². The summed E-state index contributed by atoms with van der Waals surface area (Å²) in [6, 6.07) is 12.5. The van der Waals surface area contributed by atoms with Gasteiger partial charge in [-0.25, -0.2) is 0 Å². The molecule has 0 bridgehead atoms. The summed E-state index contributed by atoms with van der Waals surface area (Å²) < 4.78 is 0. The fraction of sp³-hybridized carbons (Fsp3) is 0.571. The van der Waals surface area contributed by atoms with E-state index in [1.165, 1.54) is 82.6 Å². The standard InChI is InChI=1S/C28H36N2/c29-21-5-1-2-6-23-9-11-24(12-10-23)7-3-4-8-25-13-17-27(18-14-25)28-19-15-26(22-30)16-20-28/h1-2,5-6,15-16,19-20,23-25,27H,3-4,7-14,17-18H2. The van der Waals surface area contributed by atoms with Crippen molar-refractivity contribution >= 4 is 0 Å². The Morgan fingerprint density at radius 2 is 1.37 bits per heavy atom. The van der Waals surface area contributed by atoms with Gasteiger partial charge in [0, 0.05) is 6.08 Å². The van der Waals surface area contributed by atoms with Gasteiger partial charge >= 0.3 is 0 Å². The van der Waals surface area contributed by atoms with Gasteiger partial charge in [0.05, 0.1) is 17.7 Å². The van der Waals surface area contributed by atoms with Crippen molar-refractivity contribution in [2.45, 2.75) is 83.0 Å². The molecule has 0 N–H and O–H groups in total. The predicted molar refractivity (Wildman–Crippen MR) is 124 cm³/mol. The van der Waals surface area contributed by atoms with E-state index in [9.17, 15) is 0 Å². The lowest BCUT2D eigenvalue weighted by atomic mass is 9.76. The van der Waals surface area contributed by atoms with E-state index in [1.54, 1.807) is 6.08 Å². The van der Waals surface area contributed by atoms with Gasteiger partial charge in [-0.05, 0) is 92.7 Å². The van der Waals surface area contributed by atoms with E-state index < -0.39 is 0 Å². The third-order valence-electron chi connectivity index (χ3n) is 7.39. The van der Waals surface area contributed by atoms with Crippen LogP contribution in [0.4, 0.5) is 0 Å². The van der Waals surface area contributed by atoms with E-state index in [1.807, 2.05) is 30.4 Å². The zero-order valence-corrected chi connectivity index (χ0v) is 18.3. The monoisotopic (exact) mass is 400 g/mol. The van der Waals surface area contributed by atoms with Crippen molar-refractivity contribution in [3.8, 4) is 12.1 Å². The SMILES string of the molecule is N#CC=CC=CC1CCC(CCCCC2CCC(c3ccc(C#N)cc3)CC2)CC1. The third kappa shape index (κ3) is 7.18. The van der Waals surface area contributed by atoms with Crippen LogP contribution < -0.4 is 0 Å². The maximum atomic E-state index is 8.95. The highest BCUT2D eigenvalue weighted by Crippen LogP contribution is 2.38. The van der Waals surface area contributed by atoms with Crippen LogP contribution in [0.15, 0.2) is 48.6 Å². The molecule has 0 atom stereocenters. The summed E-state index contributed by atoms with van der Waals surface area (Å²) in [4.78, 5) is 0. The molecule has 0 radical (unpaired) electrons. The number of nitrogens with zero attached hydrogens (tertiary/aromatic N) is 2. The van der Waals surface area contributed by atoms with E-state index in [0.717, 1.165) is 23.3 Å². The summed E-state index contributed by atoms with van der Waals surface area (Å²) in [5, 5.41) is 17.5. The molecule has 0 aliphatic heterocycles. The number of unbranched alkanes of at least 4 members (excludes halogenated alkanes) is 1. The summed E-state index contributed by atoms with van der Waals surface area (Å²) in [5.74, 6) is 3.29. The normalized spacial score (nSPS) is 27.1. The van der Waals surface area contributed by atoms with Crippen molar-refractivity contribution < 1.29 is 0 Å². The van der Waals surface area contributed by atoms with Crippen LogP contribution in [0.2, 0.25) is 0 Å². The van der Waals surface area contributed by atoms with Crippen LogP contribution in [0.5, 0.6) is 0 Å². The van der Waals surface area contributed by atoms with Crippen LogP contribution in [-0.2, 0) is 0 Å². The Hall–Kier alpha value is -2.32. The Morgan fingerprint density at radius 3 is 1.93 bits per heavy atom. The zero-order valence-electron chi connectivity index (χ0n) is 18.3. The molecule has 2 nitrogen and oxygen atoms in total. The van der Waals surface area contributed by atoms with Gasteiger partial charge in [-0.3, -0.25) is 0 Å². The van der Waals surface area contributed by atoms with Crippen molar-refractivity contribution in [1.82, 2.24) is 0 Å². The topological polar surface area (TPSA) is 47.6 Å². The minimum atomic E-state index is 0.702. The summed E-state index contributed by atoms with van der Waals surface area (Å²) in [5.41, 5.74) is 2.20. The van der Waals surface area contributed by atoms with Crippen LogP contribution >= 0.6 is 0 Å². The lowest BCUT2D eigenvalue weighted by Crippen LogP contribution is -2.14. The lowest BCUT2D eigenvalue weighted by Gasteiger charge is -2.29. The Labute approximate surface area is 183 Å². The maximum absolute atomic E-state index is 8.95. The van der Waals surface area contributed by atoms with E-state index in [-0.39, 0.29) is 0 Å². The number of rotatable bonds is 8. The molecule has 158 valence electrons. The molecule has 1 aromatic rings. The van der Waals surface area contributed by atoms with Crippen molar-refractivity contribution in [2.75, 3.05) is 0 Å². The van der Waals surface area contributed by atoms with Crippen molar-refractivity contribution in [2.24, 2.45) is 17.8 Å². The first kappa shape index (κ1) is 22.4. The van der Waals surface area contributed by atoms with Crippen molar-refractivity contribution in [3.63, 3.8) is 0 Å². The van der Waals surface area contributed by atoms with Crippen LogP contribution in [0, 0.1) is 40.4 Å². The quantitative estimate of drug-likeness (QED) is 0.253. The smallest absolute Gasteiger partial charge is 0.0991 e. The zero-order chi connectivity index (χ0) is 21.0. The molecular weight excluding hydrogens is 364 g/mol. The van der Waals surface area contributed by atoms with Gasteiger partial charge in [0.25, 0.3) is 0 Å². The molecule has 2 saturated carbocycles. The fourth-order valence-corrected chi connectivity index (χ4v) is 5.47. The summed E-state index contributed by atoms with van der Waals surface area (Å²) in [6.45, 7) is 0. The van der Waals surface area contributed by atoms with Crippen molar-refractivity contribution in [3.05, 3.63) is 59.7 Å². The molecule has 0 heterocycles. The third-order valence-corrected chi connectivity index (χ3v) is 7.39. The molecular formula is C28H36N2.